The molecule has 5 nitrogen and oxygen atoms in total. The minimum absolute atomic E-state index is 0.154. The van der Waals surface area contributed by atoms with E-state index in [2.05, 4.69) is 10.6 Å². The van der Waals surface area contributed by atoms with Crippen molar-refractivity contribution in [2.24, 2.45) is 0 Å². The van der Waals surface area contributed by atoms with Crippen molar-refractivity contribution in [2.75, 3.05) is 20.2 Å². The van der Waals surface area contributed by atoms with E-state index in [4.69, 9.17) is 5.11 Å². The van der Waals surface area contributed by atoms with Gasteiger partial charge in [0.15, 0.2) is 0 Å². The molecule has 4 atom stereocenters. The second kappa shape index (κ2) is 4.15. The molecule has 1 fully saturated rings. The van der Waals surface area contributed by atoms with Gasteiger partial charge in [0.05, 0.1) is 24.9 Å². The molecule has 0 unspecified atom stereocenters. The van der Waals surface area contributed by atoms with Gasteiger partial charge >= 0.3 is 0 Å². The van der Waals surface area contributed by atoms with Gasteiger partial charge in [0.2, 0.25) is 0 Å². The first kappa shape index (κ1) is 9.88. The van der Waals surface area contributed by atoms with E-state index in [1.165, 1.54) is 0 Å². The molecule has 1 rings (SSSR count). The van der Waals surface area contributed by atoms with Crippen molar-refractivity contribution in [3.63, 3.8) is 0 Å². The minimum atomic E-state index is -0.867. The molecule has 0 aromatic heterocycles. The lowest BCUT2D eigenvalue weighted by molar-refractivity contribution is 0.0199. The molecule has 5 N–H and O–H groups in total. The third kappa shape index (κ3) is 1.75. The van der Waals surface area contributed by atoms with Crippen LogP contribution >= 0.6 is 0 Å². The summed E-state index contributed by atoms with van der Waals surface area (Å²) in [5.41, 5.74) is 0. The zero-order valence-electron chi connectivity index (χ0n) is 7.07. The maximum absolute atomic E-state index is 9.43. The van der Waals surface area contributed by atoms with Crippen LogP contribution in [-0.4, -0.2) is 59.8 Å². The SMILES string of the molecule is CNC[C@H]1N[C@H](CO)[C@@H](O)[C@@H]1O. The van der Waals surface area contributed by atoms with Crippen LogP contribution in [0, 0.1) is 0 Å². The number of nitrogens with one attached hydrogen (secondary N) is 2. The molecule has 0 aliphatic carbocycles. The summed E-state index contributed by atoms with van der Waals surface area (Å²) < 4.78 is 0. The Morgan fingerprint density at radius 1 is 1.25 bits per heavy atom. The third-order valence-electron chi connectivity index (χ3n) is 2.22. The average Bonchev–Trinajstić information content (AvgIpc) is 2.33. The maximum Gasteiger partial charge on any atom is 0.0989 e. The number of likely N-dealkylation sites (N-methyl/N-ethyl adjacent to an activating group) is 1. The molecule has 1 saturated heterocycles. The van der Waals surface area contributed by atoms with Crippen LogP contribution in [-0.2, 0) is 0 Å². The van der Waals surface area contributed by atoms with Crippen LogP contribution in [0.3, 0.4) is 0 Å². The van der Waals surface area contributed by atoms with E-state index in [1.807, 2.05) is 0 Å². The highest BCUT2D eigenvalue weighted by atomic mass is 16.3. The monoisotopic (exact) mass is 176 g/mol. The molecule has 1 aliphatic heterocycles. The molecule has 12 heavy (non-hydrogen) atoms. The molecule has 0 bridgehead atoms. The quantitative estimate of drug-likeness (QED) is 0.322. The second-order valence-electron chi connectivity index (χ2n) is 3.10. The normalized spacial score (nSPS) is 42.0. The van der Waals surface area contributed by atoms with E-state index in [0.29, 0.717) is 6.54 Å². The standard InChI is InChI=1S/C7H16N2O3/c1-8-2-4-6(11)7(12)5(3-10)9-4/h4-12H,2-3H2,1H3/t4-,5-,6-,7-/m1/s1. The fraction of sp³-hybridized carbons (Fsp3) is 1.00. The Morgan fingerprint density at radius 3 is 2.25 bits per heavy atom. The molecule has 0 aromatic carbocycles. The lowest BCUT2D eigenvalue weighted by Crippen LogP contribution is -2.41. The maximum atomic E-state index is 9.43. The van der Waals surface area contributed by atoms with Gasteiger partial charge in [0.1, 0.15) is 0 Å². The van der Waals surface area contributed by atoms with Gasteiger partial charge in [-0.25, -0.2) is 0 Å². The minimum Gasteiger partial charge on any atom is -0.395 e. The predicted molar refractivity (Wildman–Crippen MR) is 43.7 cm³/mol. The molecule has 0 saturated carbocycles. The molecule has 0 radical (unpaired) electrons. The van der Waals surface area contributed by atoms with Crippen LogP contribution in [0.15, 0.2) is 0 Å². The van der Waals surface area contributed by atoms with Crippen LogP contribution in [0.1, 0.15) is 0 Å². The summed E-state index contributed by atoms with van der Waals surface area (Å²) in [4.78, 5) is 0. The van der Waals surface area contributed by atoms with Gasteiger partial charge in [0.25, 0.3) is 0 Å². The van der Waals surface area contributed by atoms with Crippen molar-refractivity contribution in [1.29, 1.82) is 0 Å². The fourth-order valence-corrected chi connectivity index (χ4v) is 1.51. The zero-order valence-corrected chi connectivity index (χ0v) is 7.07. The van der Waals surface area contributed by atoms with Crippen molar-refractivity contribution in [2.45, 2.75) is 24.3 Å². The summed E-state index contributed by atoms with van der Waals surface area (Å²) in [6, 6.07) is -0.583. The van der Waals surface area contributed by atoms with Gasteiger partial charge in [-0.2, -0.15) is 0 Å². The van der Waals surface area contributed by atoms with Gasteiger partial charge in [-0.3, -0.25) is 0 Å². The molecular weight excluding hydrogens is 160 g/mol. The largest absolute Gasteiger partial charge is 0.395 e. The Morgan fingerprint density at radius 2 is 1.83 bits per heavy atom. The first-order chi connectivity index (χ1) is 5.70. The van der Waals surface area contributed by atoms with E-state index >= 15 is 0 Å². The zero-order chi connectivity index (χ0) is 9.14. The van der Waals surface area contributed by atoms with Crippen LogP contribution in [0.5, 0.6) is 0 Å². The van der Waals surface area contributed by atoms with E-state index in [1.54, 1.807) is 7.05 Å². The fourth-order valence-electron chi connectivity index (χ4n) is 1.51. The van der Waals surface area contributed by atoms with Crippen LogP contribution in [0.2, 0.25) is 0 Å². The van der Waals surface area contributed by atoms with Crippen LogP contribution in [0.25, 0.3) is 0 Å². The molecular formula is C7H16N2O3. The third-order valence-corrected chi connectivity index (χ3v) is 2.22. The topological polar surface area (TPSA) is 84.8 Å². The van der Waals surface area contributed by atoms with Gasteiger partial charge in [0, 0.05) is 12.6 Å². The molecule has 1 aliphatic rings. The molecule has 72 valence electrons. The van der Waals surface area contributed by atoms with Crippen molar-refractivity contribution >= 4 is 0 Å². The van der Waals surface area contributed by atoms with Crippen LogP contribution < -0.4 is 10.6 Å². The summed E-state index contributed by atoms with van der Waals surface area (Å²) >= 11 is 0. The second-order valence-corrected chi connectivity index (χ2v) is 3.10. The lowest BCUT2D eigenvalue weighted by Gasteiger charge is -2.14. The Kier molecular flexibility index (Phi) is 3.42. The van der Waals surface area contributed by atoms with Gasteiger partial charge in [-0.1, -0.05) is 0 Å². The summed E-state index contributed by atoms with van der Waals surface area (Å²) in [6.45, 7) is 0.424. The highest BCUT2D eigenvalue weighted by Crippen LogP contribution is 2.13. The summed E-state index contributed by atoms with van der Waals surface area (Å²) in [5, 5.41) is 33.4. The Balaban J connectivity index is 2.48. The molecule has 0 spiro atoms. The van der Waals surface area contributed by atoms with E-state index in [0.717, 1.165) is 0 Å². The van der Waals surface area contributed by atoms with Crippen LogP contribution in [0.4, 0.5) is 0 Å². The molecule has 5 heteroatoms. The average molecular weight is 176 g/mol. The summed E-state index contributed by atoms with van der Waals surface area (Å²) in [5.74, 6) is 0. The summed E-state index contributed by atoms with van der Waals surface area (Å²) in [6.07, 6.45) is -1.66. The Hall–Kier alpha value is -0.200. The molecule has 0 aromatic rings. The van der Waals surface area contributed by atoms with E-state index in [-0.39, 0.29) is 12.6 Å². The smallest absolute Gasteiger partial charge is 0.0989 e. The van der Waals surface area contributed by atoms with Crippen molar-refractivity contribution in [1.82, 2.24) is 10.6 Å². The molecule has 1 heterocycles. The number of rotatable bonds is 3. The summed E-state index contributed by atoms with van der Waals surface area (Å²) in [7, 11) is 1.77. The van der Waals surface area contributed by atoms with Gasteiger partial charge < -0.3 is 26.0 Å². The van der Waals surface area contributed by atoms with E-state index < -0.39 is 18.2 Å². The highest BCUT2D eigenvalue weighted by molar-refractivity contribution is 4.98. The molecule has 0 amide bonds. The number of hydrogen-bond acceptors (Lipinski definition) is 5. The predicted octanol–water partition coefficient (Wildman–Crippen LogP) is -2.74. The van der Waals surface area contributed by atoms with Crippen molar-refractivity contribution < 1.29 is 15.3 Å². The first-order valence-corrected chi connectivity index (χ1v) is 4.08. The first-order valence-electron chi connectivity index (χ1n) is 4.08. The number of hydrogen-bond donors (Lipinski definition) is 5. The Labute approximate surface area is 71.4 Å². The number of aliphatic hydroxyl groups excluding tert-OH is 3. The highest BCUT2D eigenvalue weighted by Gasteiger charge is 2.39. The number of aliphatic hydroxyl groups is 3. The van der Waals surface area contributed by atoms with Crippen molar-refractivity contribution in [3.8, 4) is 0 Å². The van der Waals surface area contributed by atoms with Gasteiger partial charge in [-0.15, -0.1) is 0 Å². The van der Waals surface area contributed by atoms with Gasteiger partial charge in [-0.05, 0) is 7.05 Å². The van der Waals surface area contributed by atoms with E-state index in [9.17, 15) is 10.2 Å². The lowest BCUT2D eigenvalue weighted by atomic mass is 10.1. The van der Waals surface area contributed by atoms with Crippen molar-refractivity contribution in [3.05, 3.63) is 0 Å². The Bertz CT molecular complexity index is 145.